The second-order valence-electron chi connectivity index (χ2n) is 8.47. The summed E-state index contributed by atoms with van der Waals surface area (Å²) in [5.74, 6) is -0.530. The van der Waals surface area contributed by atoms with Crippen LogP contribution in [0, 0.1) is 27.7 Å². The number of amides is 2. The van der Waals surface area contributed by atoms with E-state index in [0.717, 1.165) is 33.5 Å². The zero-order chi connectivity index (χ0) is 22.8. The molecule has 4 rings (SSSR count). The Morgan fingerprint density at radius 3 is 2.03 bits per heavy atom. The summed E-state index contributed by atoms with van der Waals surface area (Å²) in [6.07, 6.45) is 0.620. The molecule has 1 aliphatic rings. The Labute approximate surface area is 189 Å². The molecule has 0 aromatic heterocycles. The lowest BCUT2D eigenvalue weighted by Gasteiger charge is -2.15. The molecule has 0 aliphatic carbocycles. The van der Waals surface area contributed by atoms with Crippen LogP contribution in [0.1, 0.15) is 33.4 Å². The van der Waals surface area contributed by atoms with Gasteiger partial charge in [0.15, 0.2) is 0 Å². The molecular weight excluding hydrogens is 396 g/mol. The molecule has 1 aliphatic heterocycles. The molecule has 1 heterocycles. The van der Waals surface area contributed by atoms with Crippen LogP contribution in [0.25, 0.3) is 5.57 Å². The number of hydrogen-bond donors (Lipinski definition) is 1. The van der Waals surface area contributed by atoms with Crippen molar-refractivity contribution in [2.24, 2.45) is 0 Å². The first-order chi connectivity index (χ1) is 15.3. The van der Waals surface area contributed by atoms with E-state index >= 15 is 0 Å². The number of nitrogens with one attached hydrogen (secondary N) is 1. The number of aryl methyl sites for hydroxylation is 4. The second-order valence-corrected chi connectivity index (χ2v) is 8.47. The molecule has 0 bridgehead atoms. The van der Waals surface area contributed by atoms with Gasteiger partial charge in [-0.15, -0.1) is 0 Å². The molecule has 4 heteroatoms. The van der Waals surface area contributed by atoms with Gasteiger partial charge in [0.2, 0.25) is 0 Å². The smallest absolute Gasteiger partial charge is 0.278 e. The first kappa shape index (κ1) is 21.6. The van der Waals surface area contributed by atoms with E-state index in [-0.39, 0.29) is 11.8 Å². The summed E-state index contributed by atoms with van der Waals surface area (Å²) >= 11 is 0. The van der Waals surface area contributed by atoms with Crippen molar-refractivity contribution < 1.29 is 9.59 Å². The van der Waals surface area contributed by atoms with Gasteiger partial charge in [0.25, 0.3) is 11.8 Å². The van der Waals surface area contributed by atoms with Gasteiger partial charge < -0.3 is 5.32 Å². The number of carbonyl (C=O) groups is 2. The fourth-order valence-corrected chi connectivity index (χ4v) is 3.91. The summed E-state index contributed by atoms with van der Waals surface area (Å²) in [5.41, 5.74) is 7.98. The number of carbonyl (C=O) groups excluding carboxylic acids is 2. The van der Waals surface area contributed by atoms with Gasteiger partial charge in [0, 0.05) is 12.2 Å². The molecule has 162 valence electrons. The fourth-order valence-electron chi connectivity index (χ4n) is 3.91. The second kappa shape index (κ2) is 8.83. The molecule has 0 saturated carbocycles. The molecule has 0 radical (unpaired) electrons. The predicted octanol–water partition coefficient (Wildman–Crippen LogP) is 5.35. The Balaban J connectivity index is 1.71. The third-order valence-electron chi connectivity index (χ3n) is 6.21. The molecule has 3 aromatic carbocycles. The van der Waals surface area contributed by atoms with Gasteiger partial charge in [-0.05, 0) is 79.6 Å². The van der Waals surface area contributed by atoms with Crippen molar-refractivity contribution in [1.82, 2.24) is 4.90 Å². The lowest BCUT2D eigenvalue weighted by atomic mass is 9.99. The van der Waals surface area contributed by atoms with E-state index in [1.807, 2.05) is 87.5 Å². The Morgan fingerprint density at radius 1 is 0.719 bits per heavy atom. The standard InChI is InChI=1S/C28H28N2O2/c1-18-10-12-23(16-20(18)3)25-26(29-24-13-11-19(2)21(4)17-24)28(32)30(27(25)31)15-14-22-8-6-5-7-9-22/h5-13,16-17,29H,14-15H2,1-4H3. The molecule has 0 spiro atoms. The Bertz CT molecular complexity index is 1230. The summed E-state index contributed by atoms with van der Waals surface area (Å²) in [7, 11) is 0. The molecule has 0 saturated heterocycles. The van der Waals surface area contributed by atoms with Gasteiger partial charge in [-0.1, -0.05) is 54.6 Å². The van der Waals surface area contributed by atoms with Crippen LogP contribution >= 0.6 is 0 Å². The molecule has 2 amide bonds. The lowest BCUT2D eigenvalue weighted by Crippen LogP contribution is -2.34. The molecule has 0 fully saturated rings. The zero-order valence-corrected chi connectivity index (χ0v) is 19.0. The summed E-state index contributed by atoms with van der Waals surface area (Å²) in [6.45, 7) is 8.48. The molecule has 4 nitrogen and oxygen atoms in total. The van der Waals surface area contributed by atoms with Crippen LogP contribution in [0.15, 0.2) is 72.4 Å². The van der Waals surface area contributed by atoms with Gasteiger partial charge >= 0.3 is 0 Å². The van der Waals surface area contributed by atoms with Crippen molar-refractivity contribution in [3.63, 3.8) is 0 Å². The zero-order valence-electron chi connectivity index (χ0n) is 19.0. The van der Waals surface area contributed by atoms with Crippen LogP contribution in [-0.2, 0) is 16.0 Å². The monoisotopic (exact) mass is 424 g/mol. The fraction of sp³-hybridized carbons (Fsp3) is 0.214. The number of anilines is 1. The minimum atomic E-state index is -0.280. The predicted molar refractivity (Wildman–Crippen MR) is 129 cm³/mol. The first-order valence-electron chi connectivity index (χ1n) is 10.9. The third-order valence-corrected chi connectivity index (χ3v) is 6.21. The average Bonchev–Trinajstić information content (AvgIpc) is 3.01. The normalized spacial score (nSPS) is 13.8. The number of nitrogens with zero attached hydrogens (tertiary/aromatic N) is 1. The Hall–Kier alpha value is -3.66. The highest BCUT2D eigenvalue weighted by atomic mass is 16.2. The van der Waals surface area contributed by atoms with Crippen molar-refractivity contribution in [3.05, 3.63) is 106 Å². The topological polar surface area (TPSA) is 49.4 Å². The van der Waals surface area contributed by atoms with E-state index in [4.69, 9.17) is 0 Å². The van der Waals surface area contributed by atoms with Crippen molar-refractivity contribution in [2.75, 3.05) is 11.9 Å². The molecular formula is C28H28N2O2. The molecule has 32 heavy (non-hydrogen) atoms. The van der Waals surface area contributed by atoms with Gasteiger partial charge in [0.1, 0.15) is 5.70 Å². The average molecular weight is 425 g/mol. The van der Waals surface area contributed by atoms with Gasteiger partial charge in [0.05, 0.1) is 5.57 Å². The van der Waals surface area contributed by atoms with Crippen molar-refractivity contribution >= 4 is 23.1 Å². The minimum absolute atomic E-state index is 0.250. The summed E-state index contributed by atoms with van der Waals surface area (Å²) < 4.78 is 0. The Kier molecular flexibility index (Phi) is 5.95. The maximum Gasteiger partial charge on any atom is 0.278 e. The van der Waals surface area contributed by atoms with Gasteiger partial charge in [-0.3, -0.25) is 14.5 Å². The molecule has 0 unspecified atom stereocenters. The minimum Gasteiger partial charge on any atom is -0.350 e. The maximum atomic E-state index is 13.5. The molecule has 0 atom stereocenters. The van der Waals surface area contributed by atoms with Crippen LogP contribution in [0.5, 0.6) is 0 Å². The number of rotatable bonds is 6. The van der Waals surface area contributed by atoms with E-state index in [1.54, 1.807) is 0 Å². The summed E-state index contributed by atoms with van der Waals surface area (Å²) in [4.78, 5) is 28.2. The highest BCUT2D eigenvalue weighted by molar-refractivity contribution is 6.36. The van der Waals surface area contributed by atoms with Crippen LogP contribution in [-0.4, -0.2) is 23.3 Å². The van der Waals surface area contributed by atoms with E-state index in [9.17, 15) is 9.59 Å². The van der Waals surface area contributed by atoms with Crippen molar-refractivity contribution in [1.29, 1.82) is 0 Å². The van der Waals surface area contributed by atoms with Crippen LogP contribution in [0.3, 0.4) is 0 Å². The maximum absolute atomic E-state index is 13.5. The van der Waals surface area contributed by atoms with E-state index in [0.29, 0.717) is 24.2 Å². The van der Waals surface area contributed by atoms with E-state index in [1.165, 1.54) is 10.5 Å². The van der Waals surface area contributed by atoms with Crippen LogP contribution in [0.2, 0.25) is 0 Å². The van der Waals surface area contributed by atoms with Crippen LogP contribution in [0.4, 0.5) is 5.69 Å². The summed E-state index contributed by atoms with van der Waals surface area (Å²) in [6, 6.07) is 21.8. The number of hydrogen-bond acceptors (Lipinski definition) is 3. The quantitative estimate of drug-likeness (QED) is 0.542. The molecule has 1 N–H and O–H groups in total. The van der Waals surface area contributed by atoms with E-state index < -0.39 is 0 Å². The van der Waals surface area contributed by atoms with E-state index in [2.05, 4.69) is 12.2 Å². The number of benzene rings is 3. The van der Waals surface area contributed by atoms with Crippen molar-refractivity contribution in [2.45, 2.75) is 34.1 Å². The van der Waals surface area contributed by atoms with Gasteiger partial charge in [-0.2, -0.15) is 0 Å². The highest BCUT2D eigenvalue weighted by Crippen LogP contribution is 2.32. The highest BCUT2D eigenvalue weighted by Gasteiger charge is 2.39. The summed E-state index contributed by atoms with van der Waals surface area (Å²) in [5, 5.41) is 3.27. The lowest BCUT2D eigenvalue weighted by molar-refractivity contribution is -0.136. The van der Waals surface area contributed by atoms with Gasteiger partial charge in [-0.25, -0.2) is 0 Å². The third kappa shape index (κ3) is 4.22. The SMILES string of the molecule is Cc1ccc(NC2=C(c3ccc(C)c(C)c3)C(=O)N(CCc3ccccc3)C2=O)cc1C. The van der Waals surface area contributed by atoms with Crippen molar-refractivity contribution in [3.8, 4) is 0 Å². The Morgan fingerprint density at radius 2 is 1.38 bits per heavy atom. The van der Waals surface area contributed by atoms with Crippen LogP contribution < -0.4 is 5.32 Å². The molecule has 3 aromatic rings. The largest absolute Gasteiger partial charge is 0.350 e. The number of imide groups is 1. The first-order valence-corrected chi connectivity index (χ1v) is 10.9.